The van der Waals surface area contributed by atoms with Crippen molar-refractivity contribution in [2.75, 3.05) is 25.4 Å². The number of nitrogens with one attached hydrogen (secondary N) is 1. The third-order valence-electron chi connectivity index (χ3n) is 3.53. The summed E-state index contributed by atoms with van der Waals surface area (Å²) in [6.07, 6.45) is -0.370. The lowest BCUT2D eigenvalue weighted by atomic mass is 10.2. The molecule has 144 valence electrons. The third-order valence-corrected chi connectivity index (χ3v) is 4.38. The number of ether oxygens (including phenoxy) is 2. The molecule has 1 atom stereocenters. The molecule has 0 aromatic heterocycles. The van der Waals surface area contributed by atoms with E-state index in [1.165, 1.54) is 31.2 Å². The molecule has 0 aliphatic carbocycles. The van der Waals surface area contributed by atoms with E-state index in [-0.39, 0.29) is 30.0 Å². The zero-order valence-electron chi connectivity index (χ0n) is 14.5. The summed E-state index contributed by atoms with van der Waals surface area (Å²) >= 11 is 0.917. The first kappa shape index (κ1) is 20.4. The van der Waals surface area contributed by atoms with E-state index in [4.69, 9.17) is 9.47 Å². The van der Waals surface area contributed by atoms with Crippen molar-refractivity contribution in [2.45, 2.75) is 13.0 Å². The normalized spacial score (nSPS) is 14.6. The Kier molecular flexibility index (Phi) is 7.35. The van der Waals surface area contributed by atoms with Crippen molar-refractivity contribution < 1.29 is 33.4 Å². The van der Waals surface area contributed by atoms with Crippen LogP contribution in [0, 0.1) is 0 Å². The summed E-state index contributed by atoms with van der Waals surface area (Å²) in [6.45, 7) is 1.13. The van der Waals surface area contributed by atoms with E-state index in [1.807, 2.05) is 0 Å². The van der Waals surface area contributed by atoms with Crippen LogP contribution in [0.25, 0.3) is 0 Å². The van der Waals surface area contributed by atoms with Crippen LogP contribution in [-0.2, 0) is 19.1 Å². The maximum atomic E-state index is 11.9. The molecule has 0 bridgehead atoms. The molecule has 3 amide bonds. The van der Waals surface area contributed by atoms with Gasteiger partial charge in [-0.25, -0.2) is 4.79 Å². The second-order valence-corrected chi connectivity index (χ2v) is 6.43. The molecular weight excluding hydrogens is 376 g/mol. The Morgan fingerprint density at radius 3 is 2.59 bits per heavy atom. The van der Waals surface area contributed by atoms with Gasteiger partial charge in [0.15, 0.2) is 12.7 Å². The Labute approximate surface area is 159 Å². The highest BCUT2D eigenvalue weighted by Crippen LogP contribution is 2.17. The predicted molar refractivity (Wildman–Crippen MR) is 95.5 cm³/mol. The maximum absolute atomic E-state index is 11.9. The molecule has 1 heterocycles. The standard InChI is InChI=1S/C17H18N2O7S/c1-11(16(23)18-6-7-19-14(21)10-27-17(19)24)26-15(22)9-25-13-4-2-12(8-20)3-5-13/h2-5,8,11H,6-7,9-10H2,1H3,(H,18,23)/t11-/m1/s1. The van der Waals surface area contributed by atoms with Gasteiger partial charge in [0, 0.05) is 18.7 Å². The topological polar surface area (TPSA) is 119 Å². The van der Waals surface area contributed by atoms with Crippen LogP contribution in [0.2, 0.25) is 0 Å². The van der Waals surface area contributed by atoms with Crippen LogP contribution >= 0.6 is 11.8 Å². The molecule has 2 rings (SSSR count). The zero-order chi connectivity index (χ0) is 19.8. The molecule has 27 heavy (non-hydrogen) atoms. The molecule has 1 aromatic rings. The molecule has 1 fully saturated rings. The number of hydrogen-bond donors (Lipinski definition) is 1. The number of thioether (sulfide) groups is 1. The molecule has 1 aromatic carbocycles. The van der Waals surface area contributed by atoms with Gasteiger partial charge < -0.3 is 14.8 Å². The Balaban J connectivity index is 1.68. The lowest BCUT2D eigenvalue weighted by molar-refractivity contribution is -0.156. The summed E-state index contributed by atoms with van der Waals surface area (Å²) in [7, 11) is 0. The van der Waals surface area contributed by atoms with Gasteiger partial charge in [-0.05, 0) is 31.2 Å². The zero-order valence-corrected chi connectivity index (χ0v) is 15.3. The summed E-state index contributed by atoms with van der Waals surface area (Å²) in [6, 6.07) is 6.15. The molecule has 10 heteroatoms. The van der Waals surface area contributed by atoms with E-state index in [0.717, 1.165) is 16.7 Å². The van der Waals surface area contributed by atoms with Crippen molar-refractivity contribution in [3.05, 3.63) is 29.8 Å². The van der Waals surface area contributed by atoms with Gasteiger partial charge in [0.05, 0.1) is 5.75 Å². The van der Waals surface area contributed by atoms with Crippen LogP contribution in [0.15, 0.2) is 24.3 Å². The number of imide groups is 1. The monoisotopic (exact) mass is 394 g/mol. The summed E-state index contributed by atoms with van der Waals surface area (Å²) < 4.78 is 10.2. The van der Waals surface area contributed by atoms with Crippen molar-refractivity contribution in [1.29, 1.82) is 0 Å². The van der Waals surface area contributed by atoms with E-state index in [9.17, 15) is 24.0 Å². The number of esters is 1. The van der Waals surface area contributed by atoms with Crippen LogP contribution in [-0.4, -0.2) is 65.8 Å². The molecule has 0 saturated carbocycles. The number of hydrogen-bond acceptors (Lipinski definition) is 8. The lowest BCUT2D eigenvalue weighted by Gasteiger charge is -2.16. The summed E-state index contributed by atoms with van der Waals surface area (Å²) in [5.74, 6) is -1.09. The van der Waals surface area contributed by atoms with Crippen LogP contribution in [0.4, 0.5) is 4.79 Å². The van der Waals surface area contributed by atoms with Crippen molar-refractivity contribution >= 4 is 41.1 Å². The van der Waals surface area contributed by atoms with E-state index < -0.39 is 24.6 Å². The first-order valence-electron chi connectivity index (χ1n) is 8.03. The van der Waals surface area contributed by atoms with Crippen molar-refractivity contribution in [1.82, 2.24) is 10.2 Å². The minimum Gasteiger partial charge on any atom is -0.482 e. The largest absolute Gasteiger partial charge is 0.482 e. The van der Waals surface area contributed by atoms with E-state index in [1.54, 1.807) is 0 Å². The molecule has 0 radical (unpaired) electrons. The van der Waals surface area contributed by atoms with Gasteiger partial charge >= 0.3 is 5.97 Å². The maximum Gasteiger partial charge on any atom is 0.344 e. The molecular formula is C17H18N2O7S. The Bertz CT molecular complexity index is 719. The first-order valence-corrected chi connectivity index (χ1v) is 9.01. The van der Waals surface area contributed by atoms with E-state index >= 15 is 0 Å². The number of benzene rings is 1. The number of nitrogens with zero attached hydrogens (tertiary/aromatic N) is 1. The smallest absolute Gasteiger partial charge is 0.344 e. The molecule has 1 saturated heterocycles. The van der Waals surface area contributed by atoms with E-state index in [2.05, 4.69) is 5.32 Å². The van der Waals surface area contributed by atoms with Crippen LogP contribution in [0.5, 0.6) is 5.75 Å². The van der Waals surface area contributed by atoms with Crippen molar-refractivity contribution in [2.24, 2.45) is 0 Å². The van der Waals surface area contributed by atoms with Gasteiger partial charge in [-0.1, -0.05) is 11.8 Å². The third kappa shape index (κ3) is 6.10. The van der Waals surface area contributed by atoms with Crippen molar-refractivity contribution in [3.63, 3.8) is 0 Å². The van der Waals surface area contributed by atoms with Gasteiger partial charge in [0.1, 0.15) is 12.0 Å². The highest BCUT2D eigenvalue weighted by atomic mass is 32.2. The second kappa shape index (κ2) is 9.72. The van der Waals surface area contributed by atoms with Gasteiger partial charge in [0.25, 0.3) is 11.1 Å². The minimum atomic E-state index is -1.06. The number of aldehydes is 1. The molecule has 1 aliphatic rings. The Morgan fingerprint density at radius 1 is 1.30 bits per heavy atom. The number of amides is 3. The molecule has 1 aliphatic heterocycles. The van der Waals surface area contributed by atoms with Crippen LogP contribution in [0.1, 0.15) is 17.3 Å². The fourth-order valence-corrected chi connectivity index (χ4v) is 2.85. The Morgan fingerprint density at radius 2 is 2.00 bits per heavy atom. The summed E-state index contributed by atoms with van der Waals surface area (Å²) in [5, 5.41) is 2.16. The highest BCUT2D eigenvalue weighted by Gasteiger charge is 2.29. The van der Waals surface area contributed by atoms with E-state index in [0.29, 0.717) is 17.6 Å². The predicted octanol–water partition coefficient (Wildman–Crippen LogP) is 0.621. The van der Waals surface area contributed by atoms with Gasteiger partial charge in [-0.3, -0.25) is 24.1 Å². The first-order chi connectivity index (χ1) is 12.9. The van der Waals surface area contributed by atoms with Crippen molar-refractivity contribution in [3.8, 4) is 5.75 Å². The summed E-state index contributed by atoms with van der Waals surface area (Å²) in [4.78, 5) is 58.1. The molecule has 0 unspecified atom stereocenters. The quantitative estimate of drug-likeness (QED) is 0.478. The average molecular weight is 394 g/mol. The Hall–Kier alpha value is -2.88. The number of rotatable bonds is 9. The summed E-state index contributed by atoms with van der Waals surface area (Å²) in [5.41, 5.74) is 0.478. The average Bonchev–Trinajstić information content (AvgIpc) is 2.98. The molecule has 0 spiro atoms. The number of carbonyl (C=O) groups is 5. The fraction of sp³-hybridized carbons (Fsp3) is 0.353. The number of carbonyl (C=O) groups excluding carboxylic acids is 5. The SMILES string of the molecule is C[C@@H](OC(=O)COc1ccc(C=O)cc1)C(=O)NCCN1C(=O)CSC1=O. The minimum absolute atomic E-state index is 0.0664. The van der Waals surface area contributed by atoms with Gasteiger partial charge in [0.2, 0.25) is 5.91 Å². The second-order valence-electron chi connectivity index (χ2n) is 5.50. The highest BCUT2D eigenvalue weighted by molar-refractivity contribution is 8.14. The van der Waals surface area contributed by atoms with Crippen LogP contribution in [0.3, 0.4) is 0 Å². The van der Waals surface area contributed by atoms with Crippen LogP contribution < -0.4 is 10.1 Å². The molecule has 9 nitrogen and oxygen atoms in total. The lowest BCUT2D eigenvalue weighted by Crippen LogP contribution is -2.42. The van der Waals surface area contributed by atoms with Gasteiger partial charge in [-0.15, -0.1) is 0 Å². The molecule has 1 N–H and O–H groups in total. The van der Waals surface area contributed by atoms with Gasteiger partial charge in [-0.2, -0.15) is 0 Å². The fourth-order valence-electron chi connectivity index (χ4n) is 2.10.